The third-order valence-corrected chi connectivity index (χ3v) is 14.6. The number of alkyl halides is 2. The fourth-order valence-corrected chi connectivity index (χ4v) is 10.8. The topological polar surface area (TPSA) is 287 Å². The van der Waals surface area contributed by atoms with Gasteiger partial charge in [0.1, 0.15) is 37.4 Å². The van der Waals surface area contributed by atoms with E-state index in [-0.39, 0.29) is 47.1 Å². The van der Waals surface area contributed by atoms with Crippen LogP contribution < -0.4 is 16.2 Å². The first kappa shape index (κ1) is 46.4. The van der Waals surface area contributed by atoms with Gasteiger partial charge in [-0.2, -0.15) is 15.5 Å². The first-order valence-electron chi connectivity index (χ1n) is 19.5. The number of aromatic amines is 1. The summed E-state index contributed by atoms with van der Waals surface area (Å²) in [5.41, 5.74) is -0.661. The van der Waals surface area contributed by atoms with E-state index >= 15 is 8.78 Å². The average molecular weight is 977 g/mol. The summed E-state index contributed by atoms with van der Waals surface area (Å²) in [5, 5.41) is 23.9. The van der Waals surface area contributed by atoms with Crippen LogP contribution in [-0.4, -0.2) is 114 Å². The van der Waals surface area contributed by atoms with E-state index in [2.05, 4.69) is 40.5 Å². The van der Waals surface area contributed by atoms with Gasteiger partial charge in [0.15, 0.2) is 52.9 Å². The first-order valence-corrected chi connectivity index (χ1v) is 24.6. The predicted molar refractivity (Wildman–Crippen MR) is 227 cm³/mol. The number of aromatic nitrogens is 8. The number of nitrogens with one attached hydrogen (secondary N) is 3. The van der Waals surface area contributed by atoms with Crippen LogP contribution in [-0.2, 0) is 65.0 Å². The molecule has 10 atom stereocenters. The van der Waals surface area contributed by atoms with Crippen LogP contribution in [0.1, 0.15) is 43.1 Å². The number of rotatable bonds is 11. The molecule has 3 aliphatic heterocycles. The zero-order chi connectivity index (χ0) is 46.0. The second-order valence-electron chi connectivity index (χ2n) is 14.6. The molecule has 4 aromatic heterocycles. The van der Waals surface area contributed by atoms with Crippen molar-refractivity contribution in [2.45, 2.75) is 69.5 Å². The highest BCUT2D eigenvalue weighted by Gasteiger charge is 2.54. The molecule has 29 heteroatoms. The van der Waals surface area contributed by atoms with E-state index in [1.807, 2.05) is 6.07 Å². The average Bonchev–Trinajstić information content (AvgIpc) is 4.06. The van der Waals surface area contributed by atoms with Crippen molar-refractivity contribution in [3.05, 3.63) is 65.2 Å². The summed E-state index contributed by atoms with van der Waals surface area (Å²) in [4.78, 5) is 61.9. The van der Waals surface area contributed by atoms with E-state index in [1.54, 1.807) is 50.2 Å². The van der Waals surface area contributed by atoms with Crippen molar-refractivity contribution < 1.29 is 55.0 Å². The van der Waals surface area contributed by atoms with Gasteiger partial charge < -0.3 is 28.4 Å². The molecule has 0 spiro atoms. The van der Waals surface area contributed by atoms with Crippen LogP contribution in [0.15, 0.2) is 54.1 Å². The van der Waals surface area contributed by atoms with Gasteiger partial charge >= 0.3 is 13.4 Å². The molecule has 3 N–H and O–H groups in total. The number of carbonyl (C=O) groups excluding carboxylic acids is 2. The molecule has 7 heterocycles. The SMILES string of the molecule is CC(C)C(=O)Nc1nc2c(ncn2C2OC3COP(=S)(OCCC#N)O[C@@H]4C(COP(=S)(OCC#N)O[C@H]3[C@H]2F)OC(n2cnc3c(NC(=O)c5ccccc5)ncnc32)[C@@H]4F)c(=O)[nH]1. The molecule has 0 radical (unpaired) electrons. The van der Waals surface area contributed by atoms with Crippen molar-refractivity contribution in [2.24, 2.45) is 5.92 Å². The first-order chi connectivity index (χ1) is 31.2. The lowest BCUT2D eigenvalue weighted by Gasteiger charge is -2.32. The monoisotopic (exact) mass is 976 g/mol. The van der Waals surface area contributed by atoms with Crippen molar-refractivity contribution in [3.63, 3.8) is 0 Å². The number of imidazole rings is 2. The van der Waals surface area contributed by atoms with Crippen molar-refractivity contribution in [1.29, 1.82) is 10.5 Å². The van der Waals surface area contributed by atoms with Crippen LogP contribution in [0.25, 0.3) is 22.3 Å². The fourth-order valence-electron chi connectivity index (χ4n) is 6.82. The minimum atomic E-state index is -4.20. The highest BCUT2D eigenvalue weighted by Crippen LogP contribution is 2.58. The van der Waals surface area contributed by atoms with Crippen molar-refractivity contribution in [3.8, 4) is 12.1 Å². The van der Waals surface area contributed by atoms with E-state index in [1.165, 1.54) is 10.9 Å². The number of anilines is 2. The number of carbonyl (C=O) groups is 2. The number of halogens is 2. The van der Waals surface area contributed by atoms with Crippen LogP contribution in [0.4, 0.5) is 20.5 Å². The summed E-state index contributed by atoms with van der Waals surface area (Å²) < 4.78 is 84.5. The van der Waals surface area contributed by atoms with E-state index in [4.69, 9.17) is 60.2 Å². The van der Waals surface area contributed by atoms with Gasteiger partial charge in [-0.05, 0) is 35.7 Å². The second kappa shape index (κ2) is 19.4. The Morgan fingerprint density at radius 1 is 0.892 bits per heavy atom. The molecule has 23 nitrogen and oxygen atoms in total. The number of hydrogen-bond acceptors (Lipinski definition) is 20. The molecule has 3 aliphatic rings. The van der Waals surface area contributed by atoms with Gasteiger partial charge in [-0.1, -0.05) is 32.0 Å². The Balaban J connectivity index is 1.11. The molecule has 65 heavy (non-hydrogen) atoms. The standard InChI is InChI=1S/C36H36F2N12O11P2S2/c1-18(2)31(51)47-36-46-30-25(33(53)48-36)44-17-50(30)35-23(38)27-21(59-35)13-56-62(64,54-11-6-9-39)60-26-20(14-57-63(65,61-27)55-12-10-40)58-34(22(26)37)49-16-43-24-28(41-15-42-29(24)49)45-32(52)19-7-4-3-5-8-19/h3-5,7-8,15-18,20-23,26-27,34-35H,6,11-14H2,1-2H3,(H,41,42,45,52)(H2,46,47,48,51,53)/t20?,21?,22-,23-,26-,27-,34?,35?,62?,63?/m1/s1. The lowest BCUT2D eigenvalue weighted by molar-refractivity contribution is -0.118. The van der Waals surface area contributed by atoms with Crippen molar-refractivity contribution in [2.75, 3.05) is 37.1 Å². The summed E-state index contributed by atoms with van der Waals surface area (Å²) in [6.07, 6.45) is -10.4. The maximum atomic E-state index is 17.1. The Bertz CT molecular complexity index is 2850. The molecule has 6 unspecified atom stereocenters. The molecule has 0 bridgehead atoms. The number of ether oxygens (including phenoxy) is 2. The molecule has 342 valence electrons. The number of hydrogen-bond donors (Lipinski definition) is 3. The molecule has 3 saturated heterocycles. The third kappa shape index (κ3) is 9.74. The number of benzene rings is 1. The molecule has 2 amide bonds. The van der Waals surface area contributed by atoms with Crippen LogP contribution in [0.3, 0.4) is 0 Å². The van der Waals surface area contributed by atoms with Gasteiger partial charge in [-0.25, -0.2) is 28.7 Å². The Labute approximate surface area is 376 Å². The molecule has 5 aromatic rings. The number of fused-ring (bicyclic) bond motifs is 4. The smallest absolute Gasteiger partial charge is 0.328 e. The lowest BCUT2D eigenvalue weighted by atomic mass is 10.1. The molecule has 0 saturated carbocycles. The number of H-pyrrole nitrogens is 1. The molecule has 1 aromatic carbocycles. The number of amides is 2. The second-order valence-corrected chi connectivity index (χ2v) is 20.5. The predicted octanol–water partition coefficient (Wildman–Crippen LogP) is 4.01. The van der Waals surface area contributed by atoms with Gasteiger partial charge in [0.05, 0.1) is 51.0 Å². The van der Waals surface area contributed by atoms with E-state index in [0.29, 0.717) is 5.56 Å². The summed E-state index contributed by atoms with van der Waals surface area (Å²) in [6, 6.07) is 12.0. The Hall–Kier alpha value is -5.12. The Kier molecular flexibility index (Phi) is 13.8. The van der Waals surface area contributed by atoms with Crippen molar-refractivity contribution >= 4 is 83.0 Å². The van der Waals surface area contributed by atoms with Crippen LogP contribution in [0, 0.1) is 28.6 Å². The minimum Gasteiger partial charge on any atom is -0.346 e. The van der Waals surface area contributed by atoms with Gasteiger partial charge in [-0.15, -0.1) is 0 Å². The van der Waals surface area contributed by atoms with Gasteiger partial charge in [-0.3, -0.25) is 47.4 Å². The quantitative estimate of drug-likeness (QED) is 0.124. The van der Waals surface area contributed by atoms with E-state index in [0.717, 1.165) is 17.2 Å². The van der Waals surface area contributed by atoms with Crippen molar-refractivity contribution in [1.82, 2.24) is 39.0 Å². The molecule has 8 rings (SSSR count). The molecular formula is C36H36F2N12O11P2S2. The Morgan fingerprint density at radius 2 is 1.51 bits per heavy atom. The van der Waals surface area contributed by atoms with E-state index < -0.39 is 106 Å². The number of nitrogens with zero attached hydrogens (tertiary/aromatic N) is 9. The maximum absolute atomic E-state index is 17.1. The van der Waals surface area contributed by atoms with Gasteiger partial charge in [0.25, 0.3) is 11.5 Å². The van der Waals surface area contributed by atoms with Gasteiger partial charge in [0, 0.05) is 11.5 Å². The highest BCUT2D eigenvalue weighted by molar-refractivity contribution is 8.07. The summed E-state index contributed by atoms with van der Waals surface area (Å²) in [5.74, 6) is -1.64. The van der Waals surface area contributed by atoms with Crippen LogP contribution in [0.2, 0.25) is 0 Å². The van der Waals surface area contributed by atoms with E-state index in [9.17, 15) is 24.9 Å². The molecule has 0 aliphatic carbocycles. The van der Waals surface area contributed by atoms with Crippen LogP contribution in [0.5, 0.6) is 0 Å². The minimum absolute atomic E-state index is 0.0246. The molecular weight excluding hydrogens is 941 g/mol. The maximum Gasteiger partial charge on any atom is 0.328 e. The zero-order valence-electron chi connectivity index (χ0n) is 33.8. The molecule has 3 fully saturated rings. The zero-order valence-corrected chi connectivity index (χ0v) is 37.3. The van der Waals surface area contributed by atoms with Gasteiger partial charge in [0.2, 0.25) is 11.9 Å². The Morgan fingerprint density at radius 3 is 2.12 bits per heavy atom. The highest BCUT2D eigenvalue weighted by atomic mass is 32.5. The lowest BCUT2D eigenvalue weighted by Crippen LogP contribution is -2.37. The third-order valence-electron chi connectivity index (χ3n) is 9.95. The summed E-state index contributed by atoms with van der Waals surface area (Å²) >= 11 is 11.4. The normalized spacial score (nSPS) is 29.3. The summed E-state index contributed by atoms with van der Waals surface area (Å²) in [6.45, 7) is -7.38. The largest absolute Gasteiger partial charge is 0.346 e. The number of nitriles is 2. The van der Waals surface area contributed by atoms with Crippen LogP contribution >= 0.6 is 13.4 Å². The fraction of sp³-hybridized carbons (Fsp3) is 0.444. The summed E-state index contributed by atoms with van der Waals surface area (Å²) in [7, 11) is 0.